The van der Waals surface area contributed by atoms with Crippen molar-refractivity contribution >= 4 is 18.8 Å². The van der Waals surface area contributed by atoms with Crippen LogP contribution >= 0.6 is 0 Å². The van der Waals surface area contributed by atoms with Crippen molar-refractivity contribution in [1.82, 2.24) is 0 Å². The molecule has 0 radical (unpaired) electrons. The second-order valence-corrected chi connectivity index (χ2v) is 26.7. The van der Waals surface area contributed by atoms with Crippen LogP contribution in [-0.4, -0.2) is 6.65 Å². The molecule has 185 valence electrons. The van der Waals surface area contributed by atoms with E-state index in [4.69, 9.17) is 0 Å². The number of hydrogen-bond donors (Lipinski definition) is 0. The van der Waals surface area contributed by atoms with E-state index in [0.29, 0.717) is 11.8 Å². The second-order valence-electron chi connectivity index (χ2n) is 10.3. The molecule has 0 saturated heterocycles. The molecule has 0 aromatic heterocycles. The summed E-state index contributed by atoms with van der Waals surface area (Å²) in [5, 5.41) is 0. The van der Waals surface area contributed by atoms with Gasteiger partial charge in [0.1, 0.15) is 0 Å². The van der Waals surface area contributed by atoms with Crippen LogP contribution in [0, 0.1) is 0 Å². The molecule has 4 heteroatoms. The normalized spacial score (nSPS) is 18.0. The summed E-state index contributed by atoms with van der Waals surface area (Å²) >= 11 is -1.74. The van der Waals surface area contributed by atoms with Gasteiger partial charge in [-0.3, -0.25) is 0 Å². The maximum absolute atomic E-state index is 2.61. The van der Waals surface area contributed by atoms with Crippen LogP contribution in [0.3, 0.4) is 0 Å². The maximum atomic E-state index is 2.61. The Morgan fingerprint density at radius 1 is 0.735 bits per heavy atom. The van der Waals surface area contributed by atoms with Gasteiger partial charge in [0.15, 0.2) is 0 Å². The first-order chi connectivity index (χ1) is 15.3. The zero-order valence-electron chi connectivity index (χ0n) is 22.6. The van der Waals surface area contributed by atoms with Crippen LogP contribution in [0.4, 0.5) is 0 Å². The van der Waals surface area contributed by atoms with Gasteiger partial charge in [0.05, 0.1) is 0 Å². The van der Waals surface area contributed by atoms with Gasteiger partial charge in [-0.25, -0.2) is 0 Å². The van der Waals surface area contributed by atoms with Gasteiger partial charge < -0.3 is 24.8 Å². The molecule has 2 atom stereocenters. The van der Waals surface area contributed by atoms with Crippen molar-refractivity contribution in [2.75, 3.05) is 0 Å². The number of hydrogen-bond acceptors (Lipinski definition) is 0. The molecule has 0 N–H and O–H groups in total. The van der Waals surface area contributed by atoms with Crippen LogP contribution in [0.25, 0.3) is 12.2 Å². The first kappa shape index (κ1) is 31.6. The molecule has 34 heavy (non-hydrogen) atoms. The smallest absolute Gasteiger partial charge is 1.00 e. The Morgan fingerprint density at radius 2 is 1.09 bits per heavy atom. The molecule has 0 aliphatic heterocycles. The SMILES string of the molecule is CCC.C[SiH2][Zr+2]([CH]1C(C)=Cc2c(C(C)C)cccc21)[CH]1C(C)=Cc2c(C(C)C)cccc21.[Cl-].[Cl-]. The van der Waals surface area contributed by atoms with Gasteiger partial charge in [0, 0.05) is 0 Å². The first-order valence-electron chi connectivity index (χ1n) is 12.7. The standard InChI is InChI=1S/2C13H15.C3H8.CH5Si.2ClH.Zr/c2*1-9(2)12-6-4-5-11-7-10(3)8-13(11)12;1-3-2;1-2;;;/h2*4-9H,1-3H3;3H2,1-2H3;2H2,1H3;2*1H;/q;;;;;;+2/p-2. The predicted octanol–water partition coefficient (Wildman–Crippen LogP) is 2.72. The van der Waals surface area contributed by atoms with Gasteiger partial charge in [-0.1, -0.05) is 20.3 Å². The molecule has 2 aromatic carbocycles. The summed E-state index contributed by atoms with van der Waals surface area (Å²) in [6.07, 6.45) is 6.36. The molecular formula is C30H43Cl2SiZr. The number of halogens is 2. The van der Waals surface area contributed by atoms with E-state index in [1.54, 1.807) is 44.5 Å². The molecule has 0 saturated carbocycles. The van der Waals surface area contributed by atoms with E-state index in [0.717, 1.165) is 7.25 Å². The summed E-state index contributed by atoms with van der Waals surface area (Å²) in [6, 6.07) is 14.3. The molecule has 0 nitrogen and oxygen atoms in total. The summed E-state index contributed by atoms with van der Waals surface area (Å²) in [6.45, 7) is 21.1. The van der Waals surface area contributed by atoms with E-state index < -0.39 is 20.9 Å². The Bertz CT molecular complexity index is 943. The van der Waals surface area contributed by atoms with Crippen molar-refractivity contribution in [2.45, 2.75) is 87.4 Å². The van der Waals surface area contributed by atoms with Crippen molar-refractivity contribution in [2.24, 2.45) is 0 Å². The Balaban J connectivity index is 0.00000110. The van der Waals surface area contributed by atoms with Crippen LogP contribution in [0.15, 0.2) is 47.5 Å². The Labute approximate surface area is 231 Å². The molecular weight excluding hydrogens is 551 g/mol. The van der Waals surface area contributed by atoms with Crippen molar-refractivity contribution in [3.63, 3.8) is 0 Å². The number of fused-ring (bicyclic) bond motifs is 2. The molecule has 0 fully saturated rings. The summed E-state index contributed by atoms with van der Waals surface area (Å²) in [7, 11) is 0. The molecule has 4 rings (SSSR count). The van der Waals surface area contributed by atoms with E-state index in [2.05, 4.69) is 110 Å². The Hall–Kier alpha value is -0.400. The summed E-state index contributed by atoms with van der Waals surface area (Å²) in [5.74, 6) is 1.20. The van der Waals surface area contributed by atoms with Crippen molar-refractivity contribution in [1.29, 1.82) is 0 Å². The minimum absolute atomic E-state index is 0. The monoisotopic (exact) mass is 591 g/mol. The van der Waals surface area contributed by atoms with Gasteiger partial charge in [0.2, 0.25) is 0 Å². The van der Waals surface area contributed by atoms with Crippen LogP contribution < -0.4 is 24.8 Å². The average Bonchev–Trinajstić information content (AvgIpc) is 3.25. The maximum Gasteiger partial charge on any atom is -1.00 e. The van der Waals surface area contributed by atoms with E-state index in [1.165, 1.54) is 6.42 Å². The fraction of sp³-hybridized carbons (Fsp3) is 0.467. The summed E-state index contributed by atoms with van der Waals surface area (Å²) in [4.78, 5) is 0. The Morgan fingerprint density at radius 3 is 1.38 bits per heavy atom. The van der Waals surface area contributed by atoms with E-state index in [-0.39, 0.29) is 31.5 Å². The topological polar surface area (TPSA) is 0 Å². The van der Waals surface area contributed by atoms with E-state index in [9.17, 15) is 0 Å². The molecule has 0 amide bonds. The van der Waals surface area contributed by atoms with Crippen molar-refractivity contribution in [3.8, 4) is 0 Å². The molecule has 0 heterocycles. The minimum Gasteiger partial charge on any atom is -1.00 e. The van der Waals surface area contributed by atoms with Crippen molar-refractivity contribution < 1.29 is 45.7 Å². The first-order valence-corrected chi connectivity index (χ1v) is 22.9. The zero-order valence-corrected chi connectivity index (χ0v) is 28.0. The predicted molar refractivity (Wildman–Crippen MR) is 144 cm³/mol. The molecule has 0 spiro atoms. The fourth-order valence-corrected chi connectivity index (χ4v) is 26.3. The van der Waals surface area contributed by atoms with E-state index >= 15 is 0 Å². The number of allylic oxidation sites excluding steroid dienone is 2. The zero-order chi connectivity index (χ0) is 23.6. The van der Waals surface area contributed by atoms with E-state index in [1.807, 2.05) is 0 Å². The Kier molecular flexibility index (Phi) is 12.8. The van der Waals surface area contributed by atoms with Gasteiger partial charge in [-0.15, -0.1) is 0 Å². The van der Waals surface area contributed by atoms with Gasteiger partial charge in [-0.2, -0.15) is 0 Å². The van der Waals surface area contributed by atoms with Crippen LogP contribution in [0.1, 0.15) is 114 Å². The van der Waals surface area contributed by atoms with Crippen molar-refractivity contribution in [3.05, 3.63) is 80.9 Å². The average molecular weight is 594 g/mol. The van der Waals surface area contributed by atoms with Crippen LogP contribution in [0.5, 0.6) is 0 Å². The van der Waals surface area contributed by atoms with Crippen LogP contribution in [0.2, 0.25) is 6.55 Å². The second kappa shape index (κ2) is 13.8. The molecule has 2 aliphatic carbocycles. The third-order valence-electron chi connectivity index (χ3n) is 7.02. The fourth-order valence-electron chi connectivity index (χ4n) is 5.72. The molecule has 2 aromatic rings. The third-order valence-corrected chi connectivity index (χ3v) is 26.1. The molecule has 0 bridgehead atoms. The van der Waals surface area contributed by atoms with Gasteiger partial charge in [-0.05, 0) is 0 Å². The van der Waals surface area contributed by atoms with Gasteiger partial charge in [0.25, 0.3) is 0 Å². The van der Waals surface area contributed by atoms with Crippen LogP contribution in [-0.2, 0) is 20.9 Å². The largest absolute Gasteiger partial charge is 1.00 e. The molecule has 2 unspecified atom stereocenters. The number of benzene rings is 2. The number of rotatable bonds is 5. The third kappa shape index (κ3) is 6.11. The minimum atomic E-state index is -1.74. The van der Waals surface area contributed by atoms with Gasteiger partial charge >= 0.3 is 188 Å². The quantitative estimate of drug-likeness (QED) is 0.468. The summed E-state index contributed by atoms with van der Waals surface area (Å²) in [5.41, 5.74) is 12.9. The molecule has 2 aliphatic rings. The summed E-state index contributed by atoms with van der Waals surface area (Å²) < 4.78 is 1.56.